The molecule has 0 radical (unpaired) electrons. The number of ether oxygens (including phenoxy) is 1. The lowest BCUT2D eigenvalue weighted by Crippen LogP contribution is -2.17. The zero-order chi connectivity index (χ0) is 7.82. The minimum atomic E-state index is 0.108. The van der Waals surface area contributed by atoms with Crippen LogP contribution in [0.25, 0.3) is 0 Å². The second-order valence-corrected chi connectivity index (χ2v) is 2.28. The maximum atomic E-state index is 6.83. The summed E-state index contributed by atoms with van der Waals surface area (Å²) in [4.78, 5) is 0. The van der Waals surface area contributed by atoms with Crippen molar-refractivity contribution in [2.75, 3.05) is 13.2 Å². The average molecular weight is 144 g/mol. The number of nitrogens with two attached hydrogens (primary N) is 1. The van der Waals surface area contributed by atoms with E-state index in [1.54, 1.807) is 0 Å². The second kappa shape index (κ2) is 6.55. The van der Waals surface area contributed by atoms with Crippen LogP contribution in [-0.4, -0.2) is 19.0 Å². The summed E-state index contributed by atoms with van der Waals surface area (Å²) >= 11 is 0. The van der Waals surface area contributed by atoms with Gasteiger partial charge in [-0.3, -0.25) is 5.41 Å². The van der Waals surface area contributed by atoms with Crippen molar-refractivity contribution in [1.82, 2.24) is 0 Å². The average Bonchev–Trinajstić information content (AvgIpc) is 1.87. The number of amidine groups is 1. The van der Waals surface area contributed by atoms with Gasteiger partial charge < -0.3 is 10.5 Å². The summed E-state index contributed by atoms with van der Waals surface area (Å²) in [6.45, 7) is 3.15. The fourth-order valence-corrected chi connectivity index (χ4v) is 0.636. The first kappa shape index (κ1) is 9.43. The molecular weight excluding hydrogens is 128 g/mol. The smallest absolute Gasteiger partial charge is 0.117 e. The van der Waals surface area contributed by atoms with Crippen molar-refractivity contribution in [2.45, 2.75) is 26.2 Å². The molecule has 0 aliphatic carbocycles. The molecule has 0 aromatic heterocycles. The van der Waals surface area contributed by atoms with Crippen LogP contribution in [0, 0.1) is 5.41 Å². The molecule has 0 spiro atoms. The third-order valence-corrected chi connectivity index (χ3v) is 1.15. The molecule has 3 nitrogen and oxygen atoms in total. The van der Waals surface area contributed by atoms with Crippen LogP contribution in [0.1, 0.15) is 26.2 Å². The van der Waals surface area contributed by atoms with Crippen LogP contribution in [-0.2, 0) is 4.74 Å². The Kier molecular flexibility index (Phi) is 6.18. The van der Waals surface area contributed by atoms with Gasteiger partial charge in [-0.25, -0.2) is 0 Å². The Balaban J connectivity index is 2.84. The van der Waals surface area contributed by atoms with E-state index in [9.17, 15) is 0 Å². The van der Waals surface area contributed by atoms with E-state index in [0.29, 0.717) is 0 Å². The maximum Gasteiger partial charge on any atom is 0.117 e. The summed E-state index contributed by atoms with van der Waals surface area (Å²) in [5, 5.41) is 6.83. The quantitative estimate of drug-likeness (QED) is 0.333. The van der Waals surface area contributed by atoms with Gasteiger partial charge in [-0.2, -0.15) is 0 Å². The van der Waals surface area contributed by atoms with Crippen LogP contribution >= 0.6 is 0 Å². The van der Waals surface area contributed by atoms with Gasteiger partial charge in [0.05, 0.1) is 0 Å². The summed E-state index contributed by atoms with van der Waals surface area (Å²) < 4.78 is 5.05. The van der Waals surface area contributed by atoms with Gasteiger partial charge in [0.25, 0.3) is 0 Å². The van der Waals surface area contributed by atoms with Gasteiger partial charge in [0.1, 0.15) is 12.4 Å². The Morgan fingerprint density at radius 2 is 2.20 bits per heavy atom. The fourth-order valence-electron chi connectivity index (χ4n) is 0.636. The molecular formula is C7H16N2O. The van der Waals surface area contributed by atoms with E-state index in [1.165, 1.54) is 12.8 Å². The van der Waals surface area contributed by atoms with E-state index in [-0.39, 0.29) is 12.4 Å². The van der Waals surface area contributed by atoms with Crippen molar-refractivity contribution in [1.29, 1.82) is 5.41 Å². The zero-order valence-corrected chi connectivity index (χ0v) is 6.52. The largest absolute Gasteiger partial charge is 0.386 e. The van der Waals surface area contributed by atoms with Crippen molar-refractivity contribution in [3.63, 3.8) is 0 Å². The Bertz CT molecular complexity index is 93.6. The molecule has 0 aromatic carbocycles. The third-order valence-electron chi connectivity index (χ3n) is 1.15. The number of hydrogen-bond donors (Lipinski definition) is 2. The number of unbranched alkanes of at least 4 members (excludes halogenated alkanes) is 2. The Hall–Kier alpha value is -0.570. The highest BCUT2D eigenvalue weighted by Crippen LogP contribution is 1.93. The van der Waals surface area contributed by atoms with E-state index >= 15 is 0 Å². The summed E-state index contributed by atoms with van der Waals surface area (Å²) in [6.07, 6.45) is 3.46. The summed E-state index contributed by atoms with van der Waals surface area (Å²) in [6, 6.07) is 0. The standard InChI is InChI=1S/C7H16N2O/c1-2-3-4-5-10-6-7(8)9/h2-6H2,1H3,(H3,8,9). The SMILES string of the molecule is CCCCCOCC(=N)N. The lowest BCUT2D eigenvalue weighted by atomic mass is 10.3. The predicted octanol–water partition coefficient (Wildman–Crippen LogP) is 1.13. The molecule has 0 fully saturated rings. The van der Waals surface area contributed by atoms with E-state index in [1.807, 2.05) is 0 Å². The topological polar surface area (TPSA) is 59.1 Å². The number of hydrogen-bond acceptors (Lipinski definition) is 2. The molecule has 3 heteroatoms. The lowest BCUT2D eigenvalue weighted by Gasteiger charge is -2.00. The molecule has 0 heterocycles. The van der Waals surface area contributed by atoms with Gasteiger partial charge in [-0.1, -0.05) is 19.8 Å². The first-order valence-electron chi connectivity index (χ1n) is 3.68. The molecule has 0 aliphatic rings. The Morgan fingerprint density at radius 1 is 1.50 bits per heavy atom. The molecule has 0 saturated heterocycles. The van der Waals surface area contributed by atoms with Gasteiger partial charge in [-0.15, -0.1) is 0 Å². The molecule has 0 saturated carbocycles. The van der Waals surface area contributed by atoms with E-state index in [0.717, 1.165) is 13.0 Å². The van der Waals surface area contributed by atoms with Gasteiger partial charge in [-0.05, 0) is 6.42 Å². The highest BCUT2D eigenvalue weighted by molar-refractivity contribution is 5.78. The first-order chi connectivity index (χ1) is 4.77. The molecule has 60 valence electrons. The van der Waals surface area contributed by atoms with Crippen LogP contribution in [0.15, 0.2) is 0 Å². The van der Waals surface area contributed by atoms with Crippen molar-refractivity contribution in [3.8, 4) is 0 Å². The van der Waals surface area contributed by atoms with Crippen LogP contribution < -0.4 is 5.73 Å². The van der Waals surface area contributed by atoms with Crippen LogP contribution in [0.2, 0.25) is 0 Å². The fraction of sp³-hybridized carbons (Fsp3) is 0.857. The maximum absolute atomic E-state index is 6.83. The normalized spacial score (nSPS) is 9.70. The van der Waals surface area contributed by atoms with Crippen molar-refractivity contribution < 1.29 is 4.74 Å². The molecule has 10 heavy (non-hydrogen) atoms. The van der Waals surface area contributed by atoms with Gasteiger partial charge >= 0.3 is 0 Å². The van der Waals surface area contributed by atoms with Crippen LogP contribution in [0.5, 0.6) is 0 Å². The minimum Gasteiger partial charge on any atom is -0.386 e. The molecule has 0 unspecified atom stereocenters. The molecule has 0 bridgehead atoms. The molecule has 3 N–H and O–H groups in total. The van der Waals surface area contributed by atoms with E-state index in [2.05, 4.69) is 6.92 Å². The third kappa shape index (κ3) is 7.43. The summed E-state index contributed by atoms with van der Waals surface area (Å²) in [5.41, 5.74) is 5.07. The van der Waals surface area contributed by atoms with Crippen molar-refractivity contribution in [3.05, 3.63) is 0 Å². The molecule has 0 rings (SSSR count). The monoisotopic (exact) mass is 144 g/mol. The van der Waals surface area contributed by atoms with Crippen molar-refractivity contribution in [2.24, 2.45) is 5.73 Å². The molecule has 0 atom stereocenters. The van der Waals surface area contributed by atoms with Crippen LogP contribution in [0.4, 0.5) is 0 Å². The summed E-state index contributed by atoms with van der Waals surface area (Å²) in [5.74, 6) is 0.108. The Labute approximate surface area is 62.1 Å². The summed E-state index contributed by atoms with van der Waals surface area (Å²) in [7, 11) is 0. The predicted molar refractivity (Wildman–Crippen MR) is 42.3 cm³/mol. The first-order valence-corrected chi connectivity index (χ1v) is 3.68. The van der Waals surface area contributed by atoms with Crippen LogP contribution in [0.3, 0.4) is 0 Å². The zero-order valence-electron chi connectivity index (χ0n) is 6.52. The highest BCUT2D eigenvalue weighted by Gasteiger charge is 1.89. The van der Waals surface area contributed by atoms with Crippen molar-refractivity contribution >= 4 is 5.84 Å². The number of nitrogens with one attached hydrogen (secondary N) is 1. The highest BCUT2D eigenvalue weighted by atomic mass is 16.5. The van der Waals surface area contributed by atoms with Gasteiger partial charge in [0.15, 0.2) is 0 Å². The van der Waals surface area contributed by atoms with E-state index in [4.69, 9.17) is 15.9 Å². The Morgan fingerprint density at radius 3 is 2.70 bits per heavy atom. The molecule has 0 amide bonds. The van der Waals surface area contributed by atoms with Gasteiger partial charge in [0, 0.05) is 6.61 Å². The minimum absolute atomic E-state index is 0.108. The number of rotatable bonds is 6. The molecule has 0 aromatic rings. The lowest BCUT2D eigenvalue weighted by molar-refractivity contribution is 0.165. The second-order valence-electron chi connectivity index (χ2n) is 2.28. The van der Waals surface area contributed by atoms with E-state index < -0.39 is 0 Å². The molecule has 0 aliphatic heterocycles. The van der Waals surface area contributed by atoms with Gasteiger partial charge in [0.2, 0.25) is 0 Å².